The number of benzene rings is 1. The Hall–Kier alpha value is -1.06. The predicted octanol–water partition coefficient (Wildman–Crippen LogP) is 4.15. The van der Waals surface area contributed by atoms with Crippen LogP contribution in [-0.2, 0) is 6.42 Å². The van der Waals surface area contributed by atoms with Gasteiger partial charge in [0, 0.05) is 29.3 Å². The lowest BCUT2D eigenvalue weighted by molar-refractivity contribution is 0.961. The molecule has 0 saturated heterocycles. The predicted molar refractivity (Wildman–Crippen MR) is 75.6 cm³/mol. The van der Waals surface area contributed by atoms with Crippen LogP contribution in [0.15, 0.2) is 47.1 Å². The maximum Gasteiger partial charge on any atom is 0.0648 e. The van der Waals surface area contributed by atoms with E-state index in [1.54, 1.807) is 0 Å². The molecule has 0 unspecified atom stereocenters. The molecule has 0 fully saturated rings. The number of hydrogen-bond acceptors (Lipinski definition) is 2. The molecule has 1 aromatic heterocycles. The molecule has 0 saturated carbocycles. The molecule has 2 rings (SSSR count). The molecule has 0 atom stereocenters. The Morgan fingerprint density at radius 1 is 1.24 bits per heavy atom. The summed E-state index contributed by atoms with van der Waals surface area (Å²) in [5.74, 6) is 0. The van der Waals surface area contributed by atoms with Crippen LogP contribution in [0.4, 0.5) is 5.69 Å². The molecular formula is C13H12BrClN2. The normalized spacial score (nSPS) is 10.2. The highest BCUT2D eigenvalue weighted by molar-refractivity contribution is 9.10. The van der Waals surface area contributed by atoms with Crippen LogP contribution < -0.4 is 5.32 Å². The molecular weight excluding hydrogens is 300 g/mol. The van der Waals surface area contributed by atoms with Gasteiger partial charge in [0.25, 0.3) is 0 Å². The molecule has 0 aliphatic rings. The summed E-state index contributed by atoms with van der Waals surface area (Å²) < 4.78 is 0.984. The van der Waals surface area contributed by atoms with Crippen LogP contribution in [0.2, 0.25) is 5.02 Å². The van der Waals surface area contributed by atoms with Gasteiger partial charge >= 0.3 is 0 Å². The SMILES string of the molecule is Clc1cc(Br)ccc1NCCc1ccccn1. The van der Waals surface area contributed by atoms with Gasteiger partial charge in [0.15, 0.2) is 0 Å². The van der Waals surface area contributed by atoms with Gasteiger partial charge in [0.05, 0.1) is 10.7 Å². The van der Waals surface area contributed by atoms with E-state index in [1.807, 2.05) is 42.6 Å². The monoisotopic (exact) mass is 310 g/mol. The van der Waals surface area contributed by atoms with Crippen molar-refractivity contribution in [1.29, 1.82) is 0 Å². The highest BCUT2D eigenvalue weighted by atomic mass is 79.9. The molecule has 0 amide bonds. The summed E-state index contributed by atoms with van der Waals surface area (Å²) in [6, 6.07) is 11.7. The van der Waals surface area contributed by atoms with Crippen molar-refractivity contribution in [2.45, 2.75) is 6.42 Å². The molecule has 2 nitrogen and oxygen atoms in total. The van der Waals surface area contributed by atoms with Gasteiger partial charge in [-0.25, -0.2) is 0 Å². The number of pyridine rings is 1. The largest absolute Gasteiger partial charge is 0.383 e. The minimum absolute atomic E-state index is 0.723. The van der Waals surface area contributed by atoms with Crippen molar-refractivity contribution in [2.75, 3.05) is 11.9 Å². The summed E-state index contributed by atoms with van der Waals surface area (Å²) in [7, 11) is 0. The number of halogens is 2. The Bertz CT molecular complexity index is 488. The zero-order valence-electron chi connectivity index (χ0n) is 9.16. The molecule has 0 spiro atoms. The van der Waals surface area contributed by atoms with E-state index in [4.69, 9.17) is 11.6 Å². The maximum absolute atomic E-state index is 6.10. The Morgan fingerprint density at radius 3 is 2.82 bits per heavy atom. The summed E-state index contributed by atoms with van der Waals surface area (Å²) in [4.78, 5) is 4.27. The molecule has 0 aliphatic carbocycles. The van der Waals surface area contributed by atoms with Crippen molar-refractivity contribution in [2.24, 2.45) is 0 Å². The smallest absolute Gasteiger partial charge is 0.0648 e. The molecule has 17 heavy (non-hydrogen) atoms. The second-order valence-electron chi connectivity index (χ2n) is 3.62. The Kier molecular flexibility index (Phi) is 4.40. The topological polar surface area (TPSA) is 24.9 Å². The van der Waals surface area contributed by atoms with E-state index in [-0.39, 0.29) is 0 Å². The van der Waals surface area contributed by atoms with Crippen LogP contribution in [-0.4, -0.2) is 11.5 Å². The summed E-state index contributed by atoms with van der Waals surface area (Å²) in [6.45, 7) is 0.818. The highest BCUT2D eigenvalue weighted by Crippen LogP contribution is 2.25. The molecule has 1 heterocycles. The Morgan fingerprint density at radius 2 is 2.12 bits per heavy atom. The molecule has 4 heteroatoms. The Balaban J connectivity index is 1.90. The van der Waals surface area contributed by atoms with Gasteiger partial charge in [0.1, 0.15) is 0 Å². The van der Waals surface area contributed by atoms with Gasteiger partial charge < -0.3 is 5.32 Å². The minimum atomic E-state index is 0.723. The fourth-order valence-corrected chi connectivity index (χ4v) is 2.24. The minimum Gasteiger partial charge on any atom is -0.383 e. The first-order valence-electron chi connectivity index (χ1n) is 5.34. The molecule has 0 aliphatic heterocycles. The van der Waals surface area contributed by atoms with Gasteiger partial charge in [0.2, 0.25) is 0 Å². The third-order valence-corrected chi connectivity index (χ3v) is 3.16. The van der Waals surface area contributed by atoms with Crippen LogP contribution in [0.5, 0.6) is 0 Å². The van der Waals surface area contributed by atoms with E-state index in [0.717, 1.165) is 33.8 Å². The van der Waals surface area contributed by atoms with Gasteiger partial charge in [-0.1, -0.05) is 33.6 Å². The van der Waals surface area contributed by atoms with E-state index >= 15 is 0 Å². The van der Waals surface area contributed by atoms with Gasteiger partial charge in [-0.2, -0.15) is 0 Å². The molecule has 0 radical (unpaired) electrons. The van der Waals surface area contributed by atoms with Crippen molar-refractivity contribution >= 4 is 33.2 Å². The van der Waals surface area contributed by atoms with Crippen molar-refractivity contribution < 1.29 is 0 Å². The van der Waals surface area contributed by atoms with Crippen LogP contribution in [0.1, 0.15) is 5.69 Å². The summed E-state index contributed by atoms with van der Waals surface area (Å²) in [6.07, 6.45) is 2.69. The van der Waals surface area contributed by atoms with Crippen molar-refractivity contribution in [1.82, 2.24) is 4.98 Å². The summed E-state index contributed by atoms with van der Waals surface area (Å²) in [5.41, 5.74) is 2.03. The third kappa shape index (κ3) is 3.72. The molecule has 1 aromatic carbocycles. The molecule has 1 N–H and O–H groups in total. The number of aromatic nitrogens is 1. The first-order valence-corrected chi connectivity index (χ1v) is 6.51. The lowest BCUT2D eigenvalue weighted by Gasteiger charge is -2.08. The first-order chi connectivity index (χ1) is 8.25. The number of anilines is 1. The van der Waals surface area contributed by atoms with Crippen molar-refractivity contribution in [3.8, 4) is 0 Å². The fourth-order valence-electron chi connectivity index (χ4n) is 1.50. The quantitative estimate of drug-likeness (QED) is 0.917. The zero-order chi connectivity index (χ0) is 12.1. The lowest BCUT2D eigenvalue weighted by Crippen LogP contribution is -2.06. The van der Waals surface area contributed by atoms with Crippen LogP contribution in [0.25, 0.3) is 0 Å². The molecule has 0 bridgehead atoms. The van der Waals surface area contributed by atoms with Crippen LogP contribution in [0.3, 0.4) is 0 Å². The zero-order valence-corrected chi connectivity index (χ0v) is 11.5. The van der Waals surface area contributed by atoms with Crippen molar-refractivity contribution in [3.05, 3.63) is 57.8 Å². The number of hydrogen-bond donors (Lipinski definition) is 1. The number of nitrogens with one attached hydrogen (secondary N) is 1. The van der Waals surface area contributed by atoms with E-state index in [2.05, 4.69) is 26.2 Å². The average Bonchev–Trinajstić information content (AvgIpc) is 2.33. The van der Waals surface area contributed by atoms with Crippen LogP contribution in [0, 0.1) is 0 Å². The summed E-state index contributed by atoms with van der Waals surface area (Å²) >= 11 is 9.48. The van der Waals surface area contributed by atoms with Gasteiger partial charge in [-0.05, 0) is 30.3 Å². The average molecular weight is 312 g/mol. The van der Waals surface area contributed by atoms with E-state index < -0.39 is 0 Å². The maximum atomic E-state index is 6.10. The fraction of sp³-hybridized carbons (Fsp3) is 0.154. The van der Waals surface area contributed by atoms with E-state index in [9.17, 15) is 0 Å². The van der Waals surface area contributed by atoms with Crippen LogP contribution >= 0.6 is 27.5 Å². The molecule has 2 aromatic rings. The number of nitrogens with zero attached hydrogens (tertiary/aromatic N) is 1. The van der Waals surface area contributed by atoms with E-state index in [1.165, 1.54) is 0 Å². The van der Waals surface area contributed by atoms with Gasteiger partial charge in [-0.3, -0.25) is 4.98 Å². The van der Waals surface area contributed by atoms with E-state index in [0.29, 0.717) is 0 Å². The molecule has 88 valence electrons. The Labute approximate surface area is 114 Å². The van der Waals surface area contributed by atoms with Crippen molar-refractivity contribution in [3.63, 3.8) is 0 Å². The number of rotatable bonds is 4. The highest BCUT2D eigenvalue weighted by Gasteiger charge is 2.00. The standard InChI is InChI=1S/C13H12BrClN2/c14-10-4-5-13(12(15)9-10)17-8-6-11-3-1-2-7-16-11/h1-5,7,9,17H,6,8H2. The first kappa shape index (κ1) is 12.4. The second-order valence-corrected chi connectivity index (χ2v) is 4.94. The lowest BCUT2D eigenvalue weighted by atomic mass is 10.2. The summed E-state index contributed by atoms with van der Waals surface area (Å²) in [5, 5.41) is 4.02. The third-order valence-electron chi connectivity index (χ3n) is 2.35. The second kappa shape index (κ2) is 6.03. The van der Waals surface area contributed by atoms with Gasteiger partial charge in [-0.15, -0.1) is 0 Å².